The van der Waals surface area contributed by atoms with E-state index in [-0.39, 0.29) is 22.7 Å². The Hall–Kier alpha value is -2.33. The molecular weight excluding hydrogens is 563 g/mol. The summed E-state index contributed by atoms with van der Waals surface area (Å²) >= 11 is 3.52. The molecule has 0 aromatic heterocycles. The van der Waals surface area contributed by atoms with Crippen LogP contribution in [0.5, 0.6) is 17.2 Å². The van der Waals surface area contributed by atoms with E-state index >= 15 is 0 Å². The fraction of sp³-hybridized carbons (Fsp3) is 0.111. The van der Waals surface area contributed by atoms with Crippen molar-refractivity contribution in [3.05, 3.63) is 107 Å². The first-order chi connectivity index (χ1) is 15.6. The van der Waals surface area contributed by atoms with Crippen LogP contribution in [0.15, 0.2) is 102 Å². The summed E-state index contributed by atoms with van der Waals surface area (Å²) in [6, 6.07) is 33.7. The van der Waals surface area contributed by atoms with Gasteiger partial charge in [-0.1, -0.05) is 54.6 Å². The highest BCUT2D eigenvalue weighted by Gasteiger charge is 2.46. The van der Waals surface area contributed by atoms with Gasteiger partial charge in [0, 0.05) is 5.56 Å². The molecule has 33 heavy (non-hydrogen) atoms. The number of hydrogen-bond acceptors (Lipinski definition) is 3. The van der Waals surface area contributed by atoms with Gasteiger partial charge in [0.25, 0.3) is 0 Å². The normalized spacial score (nSPS) is 10.9. The van der Waals surface area contributed by atoms with Gasteiger partial charge in [-0.15, -0.1) is 0 Å². The molecule has 0 spiro atoms. The second-order valence-electron chi connectivity index (χ2n) is 7.41. The second-order valence-corrected chi connectivity index (χ2v) is 11.7. The van der Waals surface area contributed by atoms with E-state index in [1.807, 2.05) is 24.3 Å². The molecule has 0 aliphatic carbocycles. The molecule has 0 heterocycles. The van der Waals surface area contributed by atoms with Crippen molar-refractivity contribution < 1.29 is 31.6 Å². The third-order valence-corrected chi connectivity index (χ3v) is 10.8. The fourth-order valence-electron chi connectivity index (χ4n) is 4.14. The van der Waals surface area contributed by atoms with Crippen LogP contribution in [-0.2, 0) is 6.16 Å². The lowest BCUT2D eigenvalue weighted by Gasteiger charge is -2.28. The van der Waals surface area contributed by atoms with Gasteiger partial charge in [-0.3, -0.25) is 0 Å². The molecule has 0 aliphatic rings. The van der Waals surface area contributed by atoms with Crippen molar-refractivity contribution in [1.29, 1.82) is 0 Å². The Morgan fingerprint density at radius 3 is 1.52 bits per heavy atom. The number of rotatable bonds is 7. The van der Waals surface area contributed by atoms with Gasteiger partial charge in [-0.25, -0.2) is 0 Å². The quantitative estimate of drug-likeness (QED) is 0.338. The van der Waals surface area contributed by atoms with Crippen LogP contribution in [0.3, 0.4) is 0 Å². The number of phenolic OH excluding ortho intramolecular Hbond substituents is 1. The molecule has 4 aromatic rings. The lowest BCUT2D eigenvalue weighted by atomic mass is 10.2. The average Bonchev–Trinajstić information content (AvgIpc) is 2.86. The molecule has 0 aliphatic heterocycles. The van der Waals surface area contributed by atoms with Crippen LogP contribution < -0.4 is 42.4 Å². The minimum Gasteiger partial charge on any atom is -1.00 e. The van der Waals surface area contributed by atoms with E-state index in [0.29, 0.717) is 22.1 Å². The molecule has 4 rings (SSSR count). The van der Waals surface area contributed by atoms with Gasteiger partial charge in [-0.2, -0.15) is 0 Å². The van der Waals surface area contributed by atoms with E-state index in [1.54, 1.807) is 14.2 Å². The zero-order valence-corrected chi connectivity index (χ0v) is 22.5. The minimum absolute atomic E-state index is 0. The van der Waals surface area contributed by atoms with E-state index in [2.05, 4.69) is 88.7 Å². The van der Waals surface area contributed by atoms with Crippen molar-refractivity contribution in [3.63, 3.8) is 0 Å². The lowest BCUT2D eigenvalue weighted by Crippen LogP contribution is -3.00. The van der Waals surface area contributed by atoms with Crippen LogP contribution in [0, 0.1) is 0 Å². The highest BCUT2D eigenvalue weighted by molar-refractivity contribution is 9.10. The van der Waals surface area contributed by atoms with Crippen LogP contribution in [-0.4, -0.2) is 19.3 Å². The summed E-state index contributed by atoms with van der Waals surface area (Å²) in [7, 11) is 1.02. The highest BCUT2D eigenvalue weighted by Crippen LogP contribution is 2.60. The summed E-state index contributed by atoms with van der Waals surface area (Å²) in [5.74, 6) is 1.24. The summed E-state index contributed by atoms with van der Waals surface area (Å²) < 4.78 is 11.6. The number of hydrogen-bond donors (Lipinski definition) is 1. The molecule has 1 N–H and O–H groups in total. The van der Waals surface area contributed by atoms with Crippen molar-refractivity contribution in [1.82, 2.24) is 0 Å². The van der Waals surface area contributed by atoms with E-state index < -0.39 is 7.26 Å². The second kappa shape index (κ2) is 11.2. The van der Waals surface area contributed by atoms with Crippen molar-refractivity contribution in [2.24, 2.45) is 0 Å². The van der Waals surface area contributed by atoms with Gasteiger partial charge in [0.05, 0.1) is 14.2 Å². The Kier molecular flexibility index (Phi) is 8.58. The number of phenols is 1. The average molecular weight is 588 g/mol. The SMILES string of the molecule is COc1cc(C[P+](c2ccccc2)(c2ccccc2)c2ccccc2)c(O)c(Br)c1OC.[Br-]. The summed E-state index contributed by atoms with van der Waals surface area (Å²) in [4.78, 5) is 0. The molecule has 0 saturated carbocycles. The molecule has 0 unspecified atom stereocenters. The van der Waals surface area contributed by atoms with Crippen LogP contribution >= 0.6 is 23.2 Å². The van der Waals surface area contributed by atoms with Crippen molar-refractivity contribution in [3.8, 4) is 17.2 Å². The van der Waals surface area contributed by atoms with E-state index in [9.17, 15) is 5.11 Å². The summed E-state index contributed by atoms with van der Waals surface area (Å²) in [5, 5.41) is 14.9. The molecule has 0 amide bonds. The Morgan fingerprint density at radius 1 is 0.727 bits per heavy atom. The Labute approximate surface area is 214 Å². The van der Waals surface area contributed by atoms with Gasteiger partial charge in [0.1, 0.15) is 39.6 Å². The van der Waals surface area contributed by atoms with Crippen molar-refractivity contribution >= 4 is 39.1 Å². The van der Waals surface area contributed by atoms with Crippen molar-refractivity contribution in [2.45, 2.75) is 6.16 Å². The largest absolute Gasteiger partial charge is 1.00 e. The Bertz CT molecular complexity index is 1090. The standard InChI is InChI=1S/C27H24BrO3P.BrH/c1-30-24-18-20(26(29)25(28)27(24)31-2)19-32(21-12-6-3-7-13-21,22-14-8-4-9-15-22)23-16-10-5-11-17-23;/h3-18H,19H2,1-2H3;1H. The monoisotopic (exact) mass is 586 g/mol. The first-order valence-corrected chi connectivity index (χ1v) is 13.1. The molecular formula is C27H25Br2O3P. The van der Waals surface area contributed by atoms with Crippen molar-refractivity contribution in [2.75, 3.05) is 14.2 Å². The molecule has 6 heteroatoms. The highest BCUT2D eigenvalue weighted by atomic mass is 79.9. The molecule has 170 valence electrons. The van der Waals surface area contributed by atoms with Crippen LogP contribution in [0.1, 0.15) is 5.56 Å². The fourth-order valence-corrected chi connectivity index (χ4v) is 8.98. The summed E-state index contributed by atoms with van der Waals surface area (Å²) in [6.45, 7) is 0. The summed E-state index contributed by atoms with van der Waals surface area (Å²) in [6.07, 6.45) is 0.635. The van der Waals surface area contributed by atoms with Gasteiger partial charge in [-0.05, 0) is 58.4 Å². The molecule has 0 fully saturated rings. The first kappa shape index (κ1) is 25.3. The van der Waals surface area contributed by atoms with Gasteiger partial charge >= 0.3 is 0 Å². The maximum Gasteiger partial charge on any atom is 0.178 e. The number of ether oxygens (including phenoxy) is 2. The van der Waals surface area contributed by atoms with Crippen LogP contribution in [0.2, 0.25) is 0 Å². The number of halogens is 2. The maximum atomic E-state index is 11.2. The Morgan fingerprint density at radius 2 is 1.15 bits per heavy atom. The maximum absolute atomic E-state index is 11.2. The molecule has 0 bridgehead atoms. The topological polar surface area (TPSA) is 38.7 Å². The van der Waals surface area contributed by atoms with E-state index in [1.165, 1.54) is 15.9 Å². The van der Waals surface area contributed by atoms with Gasteiger partial charge in [0.2, 0.25) is 0 Å². The lowest BCUT2D eigenvalue weighted by molar-refractivity contribution is -0.00000768. The van der Waals surface area contributed by atoms with E-state index in [0.717, 1.165) is 5.56 Å². The van der Waals surface area contributed by atoms with Gasteiger partial charge in [0.15, 0.2) is 11.5 Å². The first-order valence-electron chi connectivity index (χ1n) is 10.3. The van der Waals surface area contributed by atoms with E-state index in [4.69, 9.17) is 9.47 Å². The minimum atomic E-state index is -2.15. The molecule has 3 nitrogen and oxygen atoms in total. The smallest absolute Gasteiger partial charge is 0.178 e. The third kappa shape index (κ3) is 4.82. The number of methoxy groups -OCH3 is 2. The summed E-state index contributed by atoms with van der Waals surface area (Å²) in [5.41, 5.74) is 0.805. The molecule has 0 radical (unpaired) electrons. The van der Waals surface area contributed by atoms with Crippen LogP contribution in [0.4, 0.5) is 0 Å². The molecule has 0 saturated heterocycles. The Balaban J connectivity index is 0.00000306. The number of benzene rings is 4. The predicted octanol–water partition coefficient (Wildman–Crippen LogP) is 2.67. The molecule has 4 aromatic carbocycles. The third-order valence-electron chi connectivity index (χ3n) is 5.66. The van der Waals surface area contributed by atoms with Gasteiger partial charge < -0.3 is 31.6 Å². The zero-order chi connectivity index (χ0) is 22.6. The zero-order valence-electron chi connectivity index (χ0n) is 18.4. The molecule has 0 atom stereocenters. The predicted molar refractivity (Wildman–Crippen MR) is 138 cm³/mol. The number of aromatic hydroxyl groups is 1. The van der Waals surface area contributed by atoms with Crippen LogP contribution in [0.25, 0.3) is 0 Å².